The summed E-state index contributed by atoms with van der Waals surface area (Å²) in [6, 6.07) is 9.28. The van der Waals surface area contributed by atoms with E-state index in [-0.39, 0.29) is 12.1 Å². The Kier molecular flexibility index (Phi) is 6.24. The number of carbonyl (C=O) groups excluding carboxylic acids is 1. The minimum atomic E-state index is -0.428. The standard InChI is InChI=1S/C20H27N5O2/c1-13(2)18-16(4-3-11-27-18)24-17-9-10-22-20(25-17)23-12-14-5-7-15(8-6-14)19(21)26/h5-10,13,16,18H,3-4,11-12H2,1-2H3,(H2,21,26)(H2,22,23,24,25)/t16-,18+/m1/s1. The molecule has 0 saturated carbocycles. The normalized spacial score (nSPS) is 19.7. The van der Waals surface area contributed by atoms with Gasteiger partial charge in [0.05, 0.1) is 12.1 Å². The molecule has 1 amide bonds. The van der Waals surface area contributed by atoms with Crippen LogP contribution in [0.1, 0.15) is 42.6 Å². The zero-order valence-electron chi connectivity index (χ0n) is 15.8. The lowest BCUT2D eigenvalue weighted by Crippen LogP contribution is -2.43. The molecule has 0 aliphatic carbocycles. The molecular formula is C20H27N5O2. The molecule has 1 aromatic heterocycles. The molecular weight excluding hydrogens is 342 g/mol. The summed E-state index contributed by atoms with van der Waals surface area (Å²) in [6.07, 6.45) is 4.05. The van der Waals surface area contributed by atoms with Crippen LogP contribution >= 0.6 is 0 Å². The lowest BCUT2D eigenvalue weighted by Gasteiger charge is -2.35. The van der Waals surface area contributed by atoms with Gasteiger partial charge >= 0.3 is 0 Å². The molecule has 0 bridgehead atoms. The largest absolute Gasteiger partial charge is 0.376 e. The van der Waals surface area contributed by atoms with Gasteiger partial charge in [-0.2, -0.15) is 4.98 Å². The number of hydrogen-bond donors (Lipinski definition) is 3. The third-order valence-electron chi connectivity index (χ3n) is 4.70. The molecule has 0 unspecified atom stereocenters. The minimum absolute atomic E-state index is 0.189. The highest BCUT2D eigenvalue weighted by atomic mass is 16.5. The maximum absolute atomic E-state index is 11.1. The minimum Gasteiger partial charge on any atom is -0.376 e. The number of nitrogens with zero attached hydrogens (tertiary/aromatic N) is 2. The highest BCUT2D eigenvalue weighted by Gasteiger charge is 2.28. The van der Waals surface area contributed by atoms with Crippen LogP contribution in [0.3, 0.4) is 0 Å². The van der Waals surface area contributed by atoms with Crippen molar-refractivity contribution < 1.29 is 9.53 Å². The highest BCUT2D eigenvalue weighted by Crippen LogP contribution is 2.23. The molecule has 1 saturated heterocycles. The number of carbonyl (C=O) groups is 1. The molecule has 2 aromatic rings. The van der Waals surface area contributed by atoms with E-state index in [2.05, 4.69) is 34.4 Å². The van der Waals surface area contributed by atoms with Crippen LogP contribution in [0, 0.1) is 5.92 Å². The van der Waals surface area contributed by atoms with Crippen LogP contribution in [0.5, 0.6) is 0 Å². The molecule has 1 fully saturated rings. The fourth-order valence-electron chi connectivity index (χ4n) is 3.30. The maximum atomic E-state index is 11.1. The van der Waals surface area contributed by atoms with Crippen LogP contribution in [0.2, 0.25) is 0 Å². The molecule has 27 heavy (non-hydrogen) atoms. The first-order valence-corrected chi connectivity index (χ1v) is 9.36. The quantitative estimate of drug-likeness (QED) is 0.694. The molecule has 0 spiro atoms. The van der Waals surface area contributed by atoms with E-state index in [1.54, 1.807) is 18.3 Å². The van der Waals surface area contributed by atoms with Crippen LogP contribution in [-0.2, 0) is 11.3 Å². The van der Waals surface area contributed by atoms with Crippen LogP contribution < -0.4 is 16.4 Å². The van der Waals surface area contributed by atoms with Crippen molar-refractivity contribution in [3.63, 3.8) is 0 Å². The monoisotopic (exact) mass is 369 g/mol. The van der Waals surface area contributed by atoms with Crippen LogP contribution in [0.4, 0.5) is 11.8 Å². The van der Waals surface area contributed by atoms with Crippen LogP contribution in [-0.4, -0.2) is 34.6 Å². The number of hydrogen-bond acceptors (Lipinski definition) is 6. The molecule has 1 aromatic carbocycles. The van der Waals surface area contributed by atoms with Crippen molar-refractivity contribution in [3.8, 4) is 0 Å². The number of benzene rings is 1. The number of nitrogens with one attached hydrogen (secondary N) is 2. The Morgan fingerprint density at radius 3 is 2.78 bits per heavy atom. The lowest BCUT2D eigenvalue weighted by atomic mass is 9.94. The first-order chi connectivity index (χ1) is 13.0. The summed E-state index contributed by atoms with van der Waals surface area (Å²) in [5, 5.41) is 6.71. The Morgan fingerprint density at radius 2 is 2.07 bits per heavy atom. The van der Waals surface area contributed by atoms with E-state index in [1.165, 1.54) is 0 Å². The van der Waals surface area contributed by atoms with Gasteiger partial charge in [0.2, 0.25) is 11.9 Å². The van der Waals surface area contributed by atoms with Crippen molar-refractivity contribution >= 4 is 17.7 Å². The predicted octanol–water partition coefficient (Wildman–Crippen LogP) is 2.80. The number of anilines is 2. The number of rotatable bonds is 7. The highest BCUT2D eigenvalue weighted by molar-refractivity contribution is 5.92. The Bertz CT molecular complexity index is 763. The second kappa shape index (κ2) is 8.81. The molecule has 1 aliphatic heterocycles. The smallest absolute Gasteiger partial charge is 0.248 e. The average Bonchev–Trinajstić information content (AvgIpc) is 2.67. The first kappa shape index (κ1) is 19.1. The van der Waals surface area contributed by atoms with Crippen LogP contribution in [0.15, 0.2) is 36.5 Å². The van der Waals surface area contributed by atoms with Gasteiger partial charge in [-0.25, -0.2) is 4.98 Å². The fraction of sp³-hybridized carbons (Fsp3) is 0.450. The van der Waals surface area contributed by atoms with Gasteiger partial charge < -0.3 is 21.1 Å². The van der Waals surface area contributed by atoms with E-state index in [0.29, 0.717) is 24.0 Å². The number of aromatic nitrogens is 2. The van der Waals surface area contributed by atoms with Crippen molar-refractivity contribution in [3.05, 3.63) is 47.7 Å². The van der Waals surface area contributed by atoms with E-state index in [0.717, 1.165) is 30.8 Å². The van der Waals surface area contributed by atoms with E-state index in [1.807, 2.05) is 18.2 Å². The summed E-state index contributed by atoms with van der Waals surface area (Å²) in [7, 11) is 0. The van der Waals surface area contributed by atoms with Gasteiger partial charge in [0.25, 0.3) is 0 Å². The van der Waals surface area contributed by atoms with Crippen molar-refractivity contribution in [2.45, 2.75) is 45.4 Å². The van der Waals surface area contributed by atoms with Gasteiger partial charge in [0.15, 0.2) is 0 Å². The number of primary amides is 1. The van der Waals surface area contributed by atoms with E-state index < -0.39 is 5.91 Å². The molecule has 2 atom stereocenters. The van der Waals surface area contributed by atoms with Crippen molar-refractivity contribution in [2.75, 3.05) is 17.2 Å². The molecule has 1 aliphatic rings. The van der Waals surface area contributed by atoms with Gasteiger partial charge in [-0.3, -0.25) is 4.79 Å². The Balaban J connectivity index is 1.60. The summed E-state index contributed by atoms with van der Waals surface area (Å²) in [5.74, 6) is 1.36. The second-order valence-corrected chi connectivity index (χ2v) is 7.15. The number of amides is 1. The number of nitrogens with two attached hydrogens (primary N) is 1. The van der Waals surface area contributed by atoms with Gasteiger partial charge in [-0.05, 0) is 42.5 Å². The summed E-state index contributed by atoms with van der Waals surface area (Å²) < 4.78 is 5.93. The molecule has 0 radical (unpaired) electrons. The third kappa shape index (κ3) is 5.17. The molecule has 144 valence electrons. The fourth-order valence-corrected chi connectivity index (χ4v) is 3.30. The first-order valence-electron chi connectivity index (χ1n) is 9.36. The topological polar surface area (TPSA) is 102 Å². The van der Waals surface area contributed by atoms with E-state index in [4.69, 9.17) is 10.5 Å². The average molecular weight is 369 g/mol. The second-order valence-electron chi connectivity index (χ2n) is 7.15. The Hall–Kier alpha value is -2.67. The zero-order valence-corrected chi connectivity index (χ0v) is 15.8. The van der Waals surface area contributed by atoms with Gasteiger partial charge in [-0.15, -0.1) is 0 Å². The molecule has 2 heterocycles. The van der Waals surface area contributed by atoms with Crippen molar-refractivity contribution in [1.82, 2.24) is 9.97 Å². The van der Waals surface area contributed by atoms with E-state index in [9.17, 15) is 4.79 Å². The lowest BCUT2D eigenvalue weighted by molar-refractivity contribution is -0.0203. The molecule has 4 N–H and O–H groups in total. The third-order valence-corrected chi connectivity index (χ3v) is 4.70. The molecule has 7 nitrogen and oxygen atoms in total. The van der Waals surface area contributed by atoms with Crippen LogP contribution in [0.25, 0.3) is 0 Å². The zero-order chi connectivity index (χ0) is 19.2. The Morgan fingerprint density at radius 1 is 1.30 bits per heavy atom. The summed E-state index contributed by atoms with van der Waals surface area (Å²) in [4.78, 5) is 20.0. The number of ether oxygens (including phenoxy) is 1. The van der Waals surface area contributed by atoms with E-state index >= 15 is 0 Å². The molecule has 7 heteroatoms. The van der Waals surface area contributed by atoms with Crippen molar-refractivity contribution in [2.24, 2.45) is 11.7 Å². The summed E-state index contributed by atoms with van der Waals surface area (Å²) in [5.41, 5.74) is 6.77. The van der Waals surface area contributed by atoms with Gasteiger partial charge in [0.1, 0.15) is 5.82 Å². The Labute approximate surface area is 159 Å². The molecule has 3 rings (SSSR count). The summed E-state index contributed by atoms with van der Waals surface area (Å²) in [6.45, 7) is 5.75. The summed E-state index contributed by atoms with van der Waals surface area (Å²) >= 11 is 0. The maximum Gasteiger partial charge on any atom is 0.248 e. The van der Waals surface area contributed by atoms with Crippen molar-refractivity contribution in [1.29, 1.82) is 0 Å². The predicted molar refractivity (Wildman–Crippen MR) is 106 cm³/mol. The van der Waals surface area contributed by atoms with Gasteiger partial charge in [0, 0.05) is 24.9 Å². The van der Waals surface area contributed by atoms with Gasteiger partial charge in [-0.1, -0.05) is 26.0 Å². The SMILES string of the molecule is CC(C)[C@@H]1OCCC[C@H]1Nc1ccnc(NCc2ccc(C(N)=O)cc2)n1.